The first-order valence-electron chi connectivity index (χ1n) is 5.03. The third-order valence-electron chi connectivity index (χ3n) is 3.42. The average Bonchev–Trinajstić information content (AvgIpc) is 2.06. The van der Waals surface area contributed by atoms with Crippen molar-refractivity contribution in [3.05, 3.63) is 0 Å². The molecule has 1 heteroatoms. The molecule has 0 unspecified atom stereocenters. The molecule has 0 atom stereocenters. The van der Waals surface area contributed by atoms with Crippen LogP contribution in [0.4, 0.5) is 0 Å². The smallest absolute Gasteiger partial charge is 0.00982 e. The number of fused-ring (bicyclic) bond motifs is 3. The van der Waals surface area contributed by atoms with Gasteiger partial charge in [-0.2, -0.15) is 0 Å². The number of hydrogen-bond donors (Lipinski definition) is 0. The zero-order valence-electron chi connectivity index (χ0n) is 7.71. The summed E-state index contributed by atoms with van der Waals surface area (Å²) in [6.07, 6.45) is 5.97. The van der Waals surface area contributed by atoms with Crippen LogP contribution in [0.15, 0.2) is 0 Å². The van der Waals surface area contributed by atoms with Crippen molar-refractivity contribution in [1.29, 1.82) is 0 Å². The normalized spacial score (nSPS) is 38.5. The molecule has 3 fully saturated rings. The van der Waals surface area contributed by atoms with Crippen LogP contribution in [0.5, 0.6) is 0 Å². The van der Waals surface area contributed by atoms with Crippen LogP contribution in [0.3, 0.4) is 0 Å². The van der Waals surface area contributed by atoms with Crippen LogP contribution >= 0.6 is 0 Å². The average molecular weight is 153 g/mol. The minimum atomic E-state index is 0.781. The SMILES string of the molecule is CC(C)N1C[C@H]2CC[C@@H]1CC2. The van der Waals surface area contributed by atoms with E-state index in [0.717, 1.165) is 18.0 Å². The third kappa shape index (κ3) is 1.31. The Hall–Kier alpha value is -0.0400. The van der Waals surface area contributed by atoms with E-state index in [9.17, 15) is 0 Å². The molecule has 0 spiro atoms. The van der Waals surface area contributed by atoms with E-state index in [0.29, 0.717) is 0 Å². The molecule has 11 heavy (non-hydrogen) atoms. The number of piperidine rings is 2. The maximum atomic E-state index is 2.71. The molecule has 0 aromatic carbocycles. The van der Waals surface area contributed by atoms with Crippen LogP contribution < -0.4 is 0 Å². The van der Waals surface area contributed by atoms with Gasteiger partial charge in [-0.05, 0) is 45.4 Å². The zero-order chi connectivity index (χ0) is 7.84. The van der Waals surface area contributed by atoms with Crippen LogP contribution in [0, 0.1) is 5.92 Å². The molecule has 3 rings (SSSR count). The van der Waals surface area contributed by atoms with E-state index < -0.39 is 0 Å². The second-order valence-corrected chi connectivity index (χ2v) is 4.47. The van der Waals surface area contributed by atoms with Crippen LogP contribution in [-0.2, 0) is 0 Å². The second kappa shape index (κ2) is 2.78. The van der Waals surface area contributed by atoms with Crippen molar-refractivity contribution in [3.63, 3.8) is 0 Å². The number of hydrogen-bond acceptors (Lipinski definition) is 1. The Morgan fingerprint density at radius 1 is 1.09 bits per heavy atom. The predicted molar refractivity (Wildman–Crippen MR) is 47.6 cm³/mol. The van der Waals surface area contributed by atoms with Gasteiger partial charge in [0.1, 0.15) is 0 Å². The summed E-state index contributed by atoms with van der Waals surface area (Å²) in [6.45, 7) is 6.06. The van der Waals surface area contributed by atoms with E-state index >= 15 is 0 Å². The highest BCUT2D eigenvalue weighted by atomic mass is 15.2. The Morgan fingerprint density at radius 2 is 1.73 bits per heavy atom. The Kier molecular flexibility index (Phi) is 1.92. The van der Waals surface area contributed by atoms with Crippen LogP contribution in [0.1, 0.15) is 39.5 Å². The highest BCUT2D eigenvalue weighted by Crippen LogP contribution is 2.35. The standard InChI is InChI=1S/C10H19N/c1-8(2)11-7-9-3-5-10(11)6-4-9/h8-10H,3-7H2,1-2H3/t9-,10+. The van der Waals surface area contributed by atoms with Crippen molar-refractivity contribution >= 4 is 0 Å². The molecule has 64 valence electrons. The molecule has 1 saturated carbocycles. The van der Waals surface area contributed by atoms with Gasteiger partial charge in [-0.3, -0.25) is 4.90 Å². The van der Waals surface area contributed by atoms with Crippen LogP contribution in [0.25, 0.3) is 0 Å². The van der Waals surface area contributed by atoms with Gasteiger partial charge < -0.3 is 0 Å². The molecular weight excluding hydrogens is 134 g/mol. The predicted octanol–water partition coefficient (Wildman–Crippen LogP) is 2.27. The summed E-state index contributed by atoms with van der Waals surface area (Å²) in [7, 11) is 0. The summed E-state index contributed by atoms with van der Waals surface area (Å²) < 4.78 is 0. The Bertz CT molecular complexity index is 134. The number of rotatable bonds is 1. The summed E-state index contributed by atoms with van der Waals surface area (Å²) in [4.78, 5) is 2.71. The Balaban J connectivity index is 2.03. The van der Waals surface area contributed by atoms with Gasteiger partial charge in [0.15, 0.2) is 0 Å². The highest BCUT2D eigenvalue weighted by Gasteiger charge is 2.34. The number of nitrogens with zero attached hydrogens (tertiary/aromatic N) is 1. The topological polar surface area (TPSA) is 3.24 Å². The summed E-state index contributed by atoms with van der Waals surface area (Å²) in [5.41, 5.74) is 0. The molecule has 3 aliphatic rings. The van der Waals surface area contributed by atoms with Gasteiger partial charge in [0.2, 0.25) is 0 Å². The Labute approximate surface area is 69.8 Å². The third-order valence-corrected chi connectivity index (χ3v) is 3.42. The van der Waals surface area contributed by atoms with Gasteiger partial charge in [-0.1, -0.05) is 0 Å². The molecule has 2 aliphatic heterocycles. The minimum absolute atomic E-state index is 0.781. The molecule has 2 saturated heterocycles. The fourth-order valence-corrected chi connectivity index (χ4v) is 2.74. The minimum Gasteiger partial charge on any atom is -0.298 e. The summed E-state index contributed by atoms with van der Waals surface area (Å²) in [5, 5.41) is 0. The van der Waals surface area contributed by atoms with Gasteiger partial charge in [0, 0.05) is 18.6 Å². The van der Waals surface area contributed by atoms with Gasteiger partial charge in [0.25, 0.3) is 0 Å². The lowest BCUT2D eigenvalue weighted by molar-refractivity contribution is 0.0250. The molecule has 0 aromatic rings. The zero-order valence-corrected chi connectivity index (χ0v) is 7.71. The molecular formula is C10H19N. The van der Waals surface area contributed by atoms with Gasteiger partial charge in [-0.15, -0.1) is 0 Å². The Morgan fingerprint density at radius 3 is 2.00 bits per heavy atom. The molecule has 0 aromatic heterocycles. The van der Waals surface area contributed by atoms with Crippen molar-refractivity contribution in [2.24, 2.45) is 5.92 Å². The molecule has 2 heterocycles. The van der Waals surface area contributed by atoms with Gasteiger partial charge in [0.05, 0.1) is 0 Å². The molecule has 0 N–H and O–H groups in total. The quantitative estimate of drug-likeness (QED) is 0.558. The highest BCUT2D eigenvalue weighted by molar-refractivity contribution is 4.89. The summed E-state index contributed by atoms with van der Waals surface area (Å²) in [6, 6.07) is 1.73. The van der Waals surface area contributed by atoms with Gasteiger partial charge >= 0.3 is 0 Å². The summed E-state index contributed by atoms with van der Waals surface area (Å²) >= 11 is 0. The van der Waals surface area contributed by atoms with E-state index in [1.807, 2.05) is 0 Å². The second-order valence-electron chi connectivity index (χ2n) is 4.47. The van der Waals surface area contributed by atoms with E-state index in [1.54, 1.807) is 0 Å². The van der Waals surface area contributed by atoms with E-state index in [1.165, 1.54) is 32.2 Å². The lowest BCUT2D eigenvalue weighted by atomic mass is 9.79. The molecule has 0 radical (unpaired) electrons. The largest absolute Gasteiger partial charge is 0.298 e. The van der Waals surface area contributed by atoms with Crippen LogP contribution in [-0.4, -0.2) is 23.5 Å². The van der Waals surface area contributed by atoms with Crippen molar-refractivity contribution in [2.45, 2.75) is 51.6 Å². The monoisotopic (exact) mass is 153 g/mol. The van der Waals surface area contributed by atoms with Crippen molar-refractivity contribution in [1.82, 2.24) is 4.90 Å². The fraction of sp³-hybridized carbons (Fsp3) is 1.00. The molecule has 2 bridgehead atoms. The van der Waals surface area contributed by atoms with E-state index in [4.69, 9.17) is 0 Å². The molecule has 0 amide bonds. The lowest BCUT2D eigenvalue weighted by Crippen LogP contribution is -2.50. The molecule has 1 aliphatic carbocycles. The first-order valence-corrected chi connectivity index (χ1v) is 5.03. The van der Waals surface area contributed by atoms with Gasteiger partial charge in [-0.25, -0.2) is 0 Å². The maximum absolute atomic E-state index is 2.71. The van der Waals surface area contributed by atoms with E-state index in [2.05, 4.69) is 18.7 Å². The van der Waals surface area contributed by atoms with Crippen molar-refractivity contribution < 1.29 is 0 Å². The molecule has 1 nitrogen and oxygen atoms in total. The van der Waals surface area contributed by atoms with Crippen molar-refractivity contribution in [3.8, 4) is 0 Å². The van der Waals surface area contributed by atoms with Crippen molar-refractivity contribution in [2.75, 3.05) is 6.54 Å². The fourth-order valence-electron chi connectivity index (χ4n) is 2.74. The first kappa shape index (κ1) is 7.60. The maximum Gasteiger partial charge on any atom is 0.00982 e. The van der Waals surface area contributed by atoms with E-state index in [-0.39, 0.29) is 0 Å². The summed E-state index contributed by atoms with van der Waals surface area (Å²) in [5.74, 6) is 1.04. The lowest BCUT2D eigenvalue weighted by Gasteiger charge is -2.47. The van der Waals surface area contributed by atoms with Crippen LogP contribution in [0.2, 0.25) is 0 Å². The first-order chi connectivity index (χ1) is 5.27.